The van der Waals surface area contributed by atoms with Crippen molar-refractivity contribution in [2.45, 2.75) is 0 Å². The fraction of sp³-hybridized carbons (Fsp3) is 0. The molecule has 0 N–H and O–H groups in total. The van der Waals surface area contributed by atoms with E-state index in [1.807, 2.05) is 6.07 Å². The quantitative estimate of drug-likeness (QED) is 0.192. The topological polar surface area (TPSA) is 9.23 Å². The van der Waals surface area contributed by atoms with Crippen molar-refractivity contribution in [3.8, 4) is 56.0 Å². The van der Waals surface area contributed by atoms with E-state index in [1.165, 1.54) is 76.5 Å². The summed E-state index contributed by atoms with van der Waals surface area (Å²) < 4.78 is 6.49. The summed E-state index contributed by atoms with van der Waals surface area (Å²) in [4.78, 5) is 0. The Bertz CT molecular complexity index is 2610. The van der Waals surface area contributed by atoms with Crippen LogP contribution in [0.5, 0.6) is 11.5 Å². The first-order valence-electron chi connectivity index (χ1n) is 15.5. The third-order valence-corrected chi connectivity index (χ3v) is 9.59. The van der Waals surface area contributed by atoms with Crippen molar-refractivity contribution in [3.05, 3.63) is 158 Å². The number of rotatable bonds is 3. The van der Waals surface area contributed by atoms with E-state index < -0.39 is 0 Å². The van der Waals surface area contributed by atoms with E-state index in [4.69, 9.17) is 4.74 Å². The molecule has 0 atom stereocenters. The Morgan fingerprint density at radius 2 is 0.911 bits per heavy atom. The van der Waals surface area contributed by atoms with Crippen molar-refractivity contribution in [1.29, 1.82) is 0 Å². The van der Waals surface area contributed by atoms with Gasteiger partial charge in [-0.1, -0.05) is 133 Å². The van der Waals surface area contributed by atoms with Crippen molar-refractivity contribution < 1.29 is 4.74 Å². The molecule has 0 spiro atoms. The molecule has 1 aliphatic heterocycles. The fourth-order valence-corrected chi connectivity index (χ4v) is 7.54. The second kappa shape index (κ2) is 9.29. The van der Waals surface area contributed by atoms with Crippen LogP contribution in [0.1, 0.15) is 0 Å². The lowest BCUT2D eigenvalue weighted by Gasteiger charge is -2.22. The van der Waals surface area contributed by atoms with Gasteiger partial charge in [-0.2, -0.15) is 0 Å². The van der Waals surface area contributed by atoms with E-state index in [1.54, 1.807) is 0 Å². The van der Waals surface area contributed by atoms with Gasteiger partial charge in [0.1, 0.15) is 11.5 Å². The van der Waals surface area contributed by atoms with Crippen LogP contribution in [0.2, 0.25) is 0 Å². The molecule has 208 valence electrons. The first-order valence-corrected chi connectivity index (χ1v) is 15.5. The van der Waals surface area contributed by atoms with E-state index in [0.29, 0.717) is 0 Å². The van der Waals surface area contributed by atoms with Gasteiger partial charge in [0.25, 0.3) is 0 Å². The second-order valence-corrected chi connectivity index (χ2v) is 12.1. The second-order valence-electron chi connectivity index (χ2n) is 12.1. The summed E-state index contributed by atoms with van der Waals surface area (Å²) >= 11 is 0. The Kier molecular flexibility index (Phi) is 5.06. The smallest absolute Gasteiger partial charge is 0.136 e. The number of ether oxygens (including phenoxy) is 1. The van der Waals surface area contributed by atoms with Gasteiger partial charge in [0, 0.05) is 10.9 Å². The third-order valence-electron chi connectivity index (χ3n) is 9.59. The lowest BCUT2D eigenvalue weighted by Crippen LogP contribution is -1.97. The largest absolute Gasteiger partial charge is 0.456 e. The average Bonchev–Trinajstić information content (AvgIpc) is 3.11. The van der Waals surface area contributed by atoms with Crippen molar-refractivity contribution in [2.24, 2.45) is 0 Å². The summed E-state index contributed by atoms with van der Waals surface area (Å²) in [5, 5.41) is 10.2. The third kappa shape index (κ3) is 3.62. The lowest BCUT2D eigenvalue weighted by atomic mass is 9.87. The molecule has 1 nitrogen and oxygen atoms in total. The van der Waals surface area contributed by atoms with Crippen LogP contribution in [-0.2, 0) is 0 Å². The number of hydrogen-bond acceptors (Lipinski definition) is 1. The van der Waals surface area contributed by atoms with Gasteiger partial charge in [-0.3, -0.25) is 0 Å². The molecule has 1 heterocycles. The summed E-state index contributed by atoms with van der Waals surface area (Å²) in [6.45, 7) is 0. The maximum atomic E-state index is 6.49. The number of fused-ring (bicyclic) bond motifs is 2. The Morgan fingerprint density at radius 1 is 0.289 bits per heavy atom. The Balaban J connectivity index is 1.15. The summed E-state index contributed by atoms with van der Waals surface area (Å²) in [5.41, 5.74) is 9.69. The number of hydrogen-bond donors (Lipinski definition) is 0. The molecular formula is C44H26O. The highest BCUT2D eigenvalue weighted by Gasteiger charge is 2.21. The summed E-state index contributed by atoms with van der Waals surface area (Å²) in [5.74, 6) is 1.83. The van der Waals surface area contributed by atoms with E-state index in [2.05, 4.69) is 152 Å². The van der Waals surface area contributed by atoms with Crippen LogP contribution in [0.4, 0.5) is 0 Å². The van der Waals surface area contributed by atoms with Crippen molar-refractivity contribution in [3.63, 3.8) is 0 Å². The molecule has 0 aliphatic carbocycles. The molecule has 45 heavy (non-hydrogen) atoms. The average molecular weight is 571 g/mol. The lowest BCUT2D eigenvalue weighted by molar-refractivity contribution is 0.487. The van der Waals surface area contributed by atoms with Crippen molar-refractivity contribution in [1.82, 2.24) is 0 Å². The Hall–Kier alpha value is -5.92. The maximum absolute atomic E-state index is 6.49. The standard InChI is InChI=1S/C44H26O/c1-2-8-27(9-3-1)34-20-16-28-19-23-39-35(21-17-29-18-22-38(34)43(28)44(29)39)31-11-6-10-30(24-31)33-25-32-12-7-14-37-36-13-4-5-15-40(36)45-41(26-33)42(32)37/h1-26H. The van der Waals surface area contributed by atoms with Gasteiger partial charge in [-0.15, -0.1) is 0 Å². The molecular weight excluding hydrogens is 544 g/mol. The summed E-state index contributed by atoms with van der Waals surface area (Å²) in [6, 6.07) is 57.3. The van der Waals surface area contributed by atoms with Crippen LogP contribution in [-0.4, -0.2) is 0 Å². The zero-order valence-corrected chi connectivity index (χ0v) is 24.4. The molecule has 10 rings (SSSR count). The van der Waals surface area contributed by atoms with E-state index in [-0.39, 0.29) is 0 Å². The number of benzene rings is 9. The zero-order chi connectivity index (χ0) is 29.5. The predicted molar refractivity (Wildman–Crippen MR) is 189 cm³/mol. The Morgan fingerprint density at radius 3 is 1.71 bits per heavy atom. The highest BCUT2D eigenvalue weighted by atomic mass is 16.5. The normalized spacial score (nSPS) is 12.2. The molecule has 0 amide bonds. The highest BCUT2D eigenvalue weighted by molar-refractivity contribution is 6.27. The maximum Gasteiger partial charge on any atom is 0.136 e. The van der Waals surface area contributed by atoms with Crippen LogP contribution in [0, 0.1) is 0 Å². The predicted octanol–water partition coefficient (Wildman–Crippen LogP) is 12.5. The zero-order valence-electron chi connectivity index (χ0n) is 24.4. The number of para-hydroxylation sites is 1. The molecule has 0 saturated heterocycles. The van der Waals surface area contributed by atoms with Gasteiger partial charge in [-0.05, 0) is 101 Å². The molecule has 0 radical (unpaired) electrons. The van der Waals surface area contributed by atoms with Gasteiger partial charge >= 0.3 is 0 Å². The first kappa shape index (κ1) is 24.5. The first-order chi connectivity index (χ1) is 22.3. The monoisotopic (exact) mass is 570 g/mol. The van der Waals surface area contributed by atoms with Crippen LogP contribution in [0.15, 0.2) is 158 Å². The van der Waals surface area contributed by atoms with Crippen molar-refractivity contribution >= 4 is 43.1 Å². The van der Waals surface area contributed by atoms with Crippen molar-refractivity contribution in [2.75, 3.05) is 0 Å². The van der Waals surface area contributed by atoms with Crippen LogP contribution in [0.3, 0.4) is 0 Å². The molecule has 1 aliphatic rings. The molecule has 9 aromatic carbocycles. The van der Waals surface area contributed by atoms with Crippen LogP contribution in [0.25, 0.3) is 87.6 Å². The van der Waals surface area contributed by atoms with Gasteiger partial charge in [0.2, 0.25) is 0 Å². The van der Waals surface area contributed by atoms with E-state index in [0.717, 1.165) is 22.6 Å². The van der Waals surface area contributed by atoms with Crippen LogP contribution < -0.4 is 4.74 Å². The fourth-order valence-electron chi connectivity index (χ4n) is 7.54. The molecule has 0 saturated carbocycles. The molecule has 0 aromatic heterocycles. The van der Waals surface area contributed by atoms with E-state index >= 15 is 0 Å². The molecule has 0 unspecified atom stereocenters. The summed E-state index contributed by atoms with van der Waals surface area (Å²) in [7, 11) is 0. The Labute approximate surface area is 260 Å². The van der Waals surface area contributed by atoms with E-state index in [9.17, 15) is 0 Å². The molecule has 9 aromatic rings. The minimum Gasteiger partial charge on any atom is -0.456 e. The molecule has 1 heteroatoms. The molecule has 0 bridgehead atoms. The van der Waals surface area contributed by atoms with Gasteiger partial charge in [0.15, 0.2) is 0 Å². The van der Waals surface area contributed by atoms with Gasteiger partial charge < -0.3 is 4.74 Å². The SMILES string of the molecule is c1ccc(-c2ccc3ccc4c(-c5cccc(-c6cc7c8c(cccc8c6)-c6ccccc6O7)c5)ccc5ccc2c3c54)cc1. The minimum atomic E-state index is 0.910. The van der Waals surface area contributed by atoms with Crippen LogP contribution >= 0.6 is 0 Å². The van der Waals surface area contributed by atoms with Gasteiger partial charge in [0.05, 0.1) is 0 Å². The highest BCUT2D eigenvalue weighted by Crippen LogP contribution is 2.48. The molecule has 0 fully saturated rings. The minimum absolute atomic E-state index is 0.910. The summed E-state index contributed by atoms with van der Waals surface area (Å²) in [6.07, 6.45) is 0. The van der Waals surface area contributed by atoms with Gasteiger partial charge in [-0.25, -0.2) is 0 Å².